The van der Waals surface area contributed by atoms with Crippen molar-refractivity contribution in [3.05, 3.63) is 84.6 Å². The lowest BCUT2D eigenvalue weighted by atomic mass is 10.2. The van der Waals surface area contributed by atoms with Crippen molar-refractivity contribution < 1.29 is 9.26 Å². The minimum Gasteiger partial charge on any atom is -0.438 e. The van der Waals surface area contributed by atoms with Gasteiger partial charge in [-0.2, -0.15) is 4.98 Å². The molecule has 0 aliphatic heterocycles. The molecule has 3 aromatic heterocycles. The summed E-state index contributed by atoms with van der Waals surface area (Å²) in [5.41, 5.74) is 1.60. The normalized spacial score (nSPS) is 10.9. The number of hydrogen-bond donors (Lipinski definition) is 0. The van der Waals surface area contributed by atoms with Crippen LogP contribution in [0.15, 0.2) is 77.7 Å². The third-order valence-corrected chi connectivity index (χ3v) is 3.51. The molecule has 0 radical (unpaired) electrons. The maximum absolute atomic E-state index is 5.84. The molecule has 0 spiro atoms. The van der Waals surface area contributed by atoms with E-state index < -0.39 is 0 Å². The third-order valence-electron chi connectivity index (χ3n) is 3.51. The molecular weight excluding hydrogens is 328 g/mol. The van der Waals surface area contributed by atoms with Gasteiger partial charge in [0.15, 0.2) is 0 Å². The van der Waals surface area contributed by atoms with Crippen LogP contribution >= 0.6 is 0 Å². The monoisotopic (exact) mass is 342 g/mol. The van der Waals surface area contributed by atoms with E-state index in [4.69, 9.17) is 9.26 Å². The maximum atomic E-state index is 5.84. The van der Waals surface area contributed by atoms with Crippen LogP contribution in [0.5, 0.6) is 11.6 Å². The molecular formula is C20H14N4O2. The Labute approximate surface area is 149 Å². The molecule has 6 nitrogen and oxygen atoms in total. The highest BCUT2D eigenvalue weighted by atomic mass is 16.5. The van der Waals surface area contributed by atoms with Gasteiger partial charge in [0.1, 0.15) is 5.75 Å². The van der Waals surface area contributed by atoms with Crippen LogP contribution in [0.4, 0.5) is 0 Å². The van der Waals surface area contributed by atoms with E-state index >= 15 is 0 Å². The zero-order valence-electron chi connectivity index (χ0n) is 13.7. The predicted octanol–water partition coefficient (Wildman–Crippen LogP) is 4.49. The van der Waals surface area contributed by atoms with Crippen molar-refractivity contribution >= 4 is 12.2 Å². The lowest BCUT2D eigenvalue weighted by molar-refractivity contribution is 0.410. The Hall–Kier alpha value is -3.80. The Morgan fingerprint density at radius 3 is 2.62 bits per heavy atom. The second kappa shape index (κ2) is 7.40. The van der Waals surface area contributed by atoms with Crippen LogP contribution in [0, 0.1) is 0 Å². The minimum atomic E-state index is 0.387. The third kappa shape index (κ3) is 3.64. The molecule has 0 bridgehead atoms. The van der Waals surface area contributed by atoms with Crippen molar-refractivity contribution in [1.29, 1.82) is 0 Å². The average molecular weight is 342 g/mol. The molecule has 6 heteroatoms. The summed E-state index contributed by atoms with van der Waals surface area (Å²) in [5, 5.41) is 4.03. The first-order valence-corrected chi connectivity index (χ1v) is 7.98. The van der Waals surface area contributed by atoms with Crippen LogP contribution in [0.1, 0.15) is 11.5 Å². The first-order chi connectivity index (χ1) is 12.9. The lowest BCUT2D eigenvalue weighted by Gasteiger charge is -2.06. The summed E-state index contributed by atoms with van der Waals surface area (Å²) in [7, 11) is 0. The van der Waals surface area contributed by atoms with Crippen LogP contribution in [0.2, 0.25) is 0 Å². The molecule has 0 fully saturated rings. The molecule has 126 valence electrons. The fourth-order valence-corrected chi connectivity index (χ4v) is 2.30. The number of pyridine rings is 2. The highest BCUT2D eigenvalue weighted by Gasteiger charge is 2.14. The summed E-state index contributed by atoms with van der Waals surface area (Å²) in [6.07, 6.45) is 8.72. The molecule has 0 N–H and O–H groups in total. The quantitative estimate of drug-likeness (QED) is 0.532. The number of ether oxygens (including phenoxy) is 1. The van der Waals surface area contributed by atoms with E-state index in [1.165, 1.54) is 0 Å². The van der Waals surface area contributed by atoms with Gasteiger partial charge in [-0.05, 0) is 42.0 Å². The van der Waals surface area contributed by atoms with Gasteiger partial charge in [0, 0.05) is 24.7 Å². The van der Waals surface area contributed by atoms with Crippen molar-refractivity contribution in [2.45, 2.75) is 0 Å². The number of aromatic nitrogens is 4. The largest absolute Gasteiger partial charge is 0.438 e. The minimum absolute atomic E-state index is 0.387. The van der Waals surface area contributed by atoms with E-state index in [0.29, 0.717) is 28.9 Å². The Balaban J connectivity index is 1.59. The number of para-hydroxylation sites is 1. The molecule has 0 saturated carbocycles. The lowest BCUT2D eigenvalue weighted by Crippen LogP contribution is -1.92. The fraction of sp³-hybridized carbons (Fsp3) is 0. The fourth-order valence-electron chi connectivity index (χ4n) is 2.30. The Kier molecular flexibility index (Phi) is 4.47. The number of benzene rings is 1. The zero-order valence-corrected chi connectivity index (χ0v) is 13.7. The second-order valence-electron chi connectivity index (χ2n) is 5.35. The van der Waals surface area contributed by atoms with E-state index in [2.05, 4.69) is 20.1 Å². The summed E-state index contributed by atoms with van der Waals surface area (Å²) in [6, 6.07) is 16.9. The van der Waals surface area contributed by atoms with Crippen molar-refractivity contribution in [2.24, 2.45) is 0 Å². The van der Waals surface area contributed by atoms with Crippen LogP contribution in [0.25, 0.3) is 23.5 Å². The van der Waals surface area contributed by atoms with Crippen molar-refractivity contribution in [2.75, 3.05) is 0 Å². The smallest absolute Gasteiger partial charge is 0.250 e. The molecule has 3 heterocycles. The molecule has 4 rings (SSSR count). The molecule has 4 aromatic rings. The van der Waals surface area contributed by atoms with E-state index in [9.17, 15) is 0 Å². The van der Waals surface area contributed by atoms with Crippen LogP contribution in [-0.2, 0) is 0 Å². The van der Waals surface area contributed by atoms with Gasteiger partial charge in [0.05, 0.1) is 5.56 Å². The van der Waals surface area contributed by atoms with E-state index in [-0.39, 0.29) is 0 Å². The standard InChI is InChI=1S/C20H14N4O2/c1-2-7-16(8-3-1)25-20-17(9-5-13-22-20)19-23-18(26-24-19)11-10-15-6-4-12-21-14-15/h1-14H. The number of nitrogens with zero attached hydrogens (tertiary/aromatic N) is 4. The summed E-state index contributed by atoms with van der Waals surface area (Å²) in [4.78, 5) is 12.7. The number of hydrogen-bond acceptors (Lipinski definition) is 6. The summed E-state index contributed by atoms with van der Waals surface area (Å²) < 4.78 is 11.1. The molecule has 0 amide bonds. The van der Waals surface area contributed by atoms with Crippen molar-refractivity contribution in [3.8, 4) is 23.0 Å². The highest BCUT2D eigenvalue weighted by Crippen LogP contribution is 2.29. The highest BCUT2D eigenvalue weighted by molar-refractivity contribution is 5.67. The first-order valence-electron chi connectivity index (χ1n) is 7.98. The first kappa shape index (κ1) is 15.7. The van der Waals surface area contributed by atoms with Gasteiger partial charge in [-0.1, -0.05) is 29.4 Å². The maximum Gasteiger partial charge on any atom is 0.250 e. The molecule has 0 aliphatic carbocycles. The van der Waals surface area contributed by atoms with Crippen molar-refractivity contribution in [3.63, 3.8) is 0 Å². The van der Waals surface area contributed by atoms with Crippen molar-refractivity contribution in [1.82, 2.24) is 20.1 Å². The van der Waals surface area contributed by atoms with E-state index in [1.54, 1.807) is 30.7 Å². The van der Waals surface area contributed by atoms with Gasteiger partial charge < -0.3 is 9.26 Å². The average Bonchev–Trinajstić information content (AvgIpc) is 3.17. The van der Waals surface area contributed by atoms with Crippen LogP contribution < -0.4 is 4.74 Å². The van der Waals surface area contributed by atoms with Gasteiger partial charge in [-0.15, -0.1) is 0 Å². The molecule has 1 aromatic carbocycles. The van der Waals surface area contributed by atoms with Gasteiger partial charge in [-0.25, -0.2) is 4.98 Å². The topological polar surface area (TPSA) is 73.9 Å². The molecule has 0 atom stereocenters. The Bertz CT molecular complexity index is 1010. The Morgan fingerprint density at radius 1 is 0.885 bits per heavy atom. The van der Waals surface area contributed by atoms with Gasteiger partial charge in [-0.3, -0.25) is 4.98 Å². The van der Waals surface area contributed by atoms with Gasteiger partial charge in [0.25, 0.3) is 5.89 Å². The summed E-state index contributed by atoms with van der Waals surface area (Å²) >= 11 is 0. The summed E-state index contributed by atoms with van der Waals surface area (Å²) in [5.74, 6) is 1.91. The van der Waals surface area contributed by atoms with E-state index in [1.807, 2.05) is 54.6 Å². The zero-order chi connectivity index (χ0) is 17.6. The second-order valence-corrected chi connectivity index (χ2v) is 5.35. The molecule has 0 unspecified atom stereocenters. The van der Waals surface area contributed by atoms with Gasteiger partial charge in [0.2, 0.25) is 11.7 Å². The molecule has 26 heavy (non-hydrogen) atoms. The van der Waals surface area contributed by atoms with E-state index in [0.717, 1.165) is 5.56 Å². The molecule has 0 aliphatic rings. The number of rotatable bonds is 5. The SMILES string of the molecule is C(=Cc1nc(-c2cccnc2Oc2ccccc2)no1)c1cccnc1. The van der Waals surface area contributed by atoms with Crippen LogP contribution in [0.3, 0.4) is 0 Å². The molecule has 0 saturated heterocycles. The Morgan fingerprint density at radius 2 is 1.77 bits per heavy atom. The van der Waals surface area contributed by atoms with Crippen LogP contribution in [-0.4, -0.2) is 20.1 Å². The predicted molar refractivity (Wildman–Crippen MR) is 97.2 cm³/mol. The summed E-state index contributed by atoms with van der Waals surface area (Å²) in [6.45, 7) is 0. The van der Waals surface area contributed by atoms with Gasteiger partial charge >= 0.3 is 0 Å².